The first-order valence-electron chi connectivity index (χ1n) is 8.33. The van der Waals surface area contributed by atoms with Crippen LogP contribution in [0.15, 0.2) is 0 Å². The van der Waals surface area contributed by atoms with Crippen molar-refractivity contribution in [3.8, 4) is 0 Å². The van der Waals surface area contributed by atoms with E-state index >= 15 is 0 Å². The topological polar surface area (TPSA) is 49.6 Å². The van der Waals surface area contributed by atoms with Crippen LogP contribution in [0.3, 0.4) is 0 Å². The molecule has 4 unspecified atom stereocenters. The van der Waals surface area contributed by atoms with Gasteiger partial charge in [-0.15, -0.1) is 0 Å². The molecule has 0 radical (unpaired) electrons. The summed E-state index contributed by atoms with van der Waals surface area (Å²) in [5.41, 5.74) is 6.19. The van der Waals surface area contributed by atoms with Gasteiger partial charge < -0.3 is 15.5 Å². The zero-order valence-corrected chi connectivity index (χ0v) is 15.0. The molecule has 1 aliphatic rings. The summed E-state index contributed by atoms with van der Waals surface area (Å²) in [6.45, 7) is 12.5. The van der Waals surface area contributed by atoms with Gasteiger partial charge in [0.1, 0.15) is 0 Å². The van der Waals surface area contributed by atoms with Crippen LogP contribution in [0.2, 0.25) is 0 Å². The minimum Gasteiger partial charge on any atom is -0.339 e. The predicted octanol–water partition coefficient (Wildman–Crippen LogP) is 2.18. The number of likely N-dealkylation sites (N-methyl/N-ethyl adjacent to an activating group) is 2. The van der Waals surface area contributed by atoms with Crippen molar-refractivity contribution in [1.29, 1.82) is 0 Å². The summed E-state index contributed by atoms with van der Waals surface area (Å²) in [6.07, 6.45) is 1.88. The van der Waals surface area contributed by atoms with Crippen LogP contribution in [0.4, 0.5) is 0 Å². The van der Waals surface area contributed by atoms with Crippen LogP contribution in [-0.2, 0) is 4.79 Å². The van der Waals surface area contributed by atoms with E-state index in [1.54, 1.807) is 0 Å². The molecule has 0 aromatic rings. The molecule has 4 heteroatoms. The lowest BCUT2D eigenvalue weighted by Gasteiger charge is -2.48. The number of hydrogen-bond donors (Lipinski definition) is 1. The summed E-state index contributed by atoms with van der Waals surface area (Å²) in [5.74, 6) is 0.788. The van der Waals surface area contributed by atoms with Crippen molar-refractivity contribution in [2.24, 2.45) is 23.0 Å². The molecule has 0 saturated heterocycles. The Labute approximate surface area is 131 Å². The number of hydrogen-bond acceptors (Lipinski definition) is 3. The molecule has 1 aliphatic carbocycles. The second kappa shape index (κ2) is 7.10. The lowest BCUT2D eigenvalue weighted by molar-refractivity contribution is -0.145. The Morgan fingerprint density at radius 2 is 1.90 bits per heavy atom. The SMILES string of the molecule is CCN(C(=O)C1CCC(N)C(C)C1(C)C)C(C)CN(C)C. The van der Waals surface area contributed by atoms with E-state index in [1.807, 2.05) is 0 Å². The van der Waals surface area contributed by atoms with E-state index in [-0.39, 0.29) is 23.4 Å². The normalized spacial score (nSPS) is 30.2. The Kier molecular flexibility index (Phi) is 6.23. The number of carbonyl (C=O) groups is 1. The van der Waals surface area contributed by atoms with Crippen molar-refractivity contribution in [2.45, 2.75) is 59.5 Å². The molecule has 124 valence electrons. The lowest BCUT2D eigenvalue weighted by atomic mass is 9.60. The molecule has 2 N–H and O–H groups in total. The third-order valence-corrected chi connectivity index (χ3v) is 5.59. The molecule has 1 fully saturated rings. The summed E-state index contributed by atoms with van der Waals surface area (Å²) in [4.78, 5) is 17.3. The van der Waals surface area contributed by atoms with Crippen LogP contribution in [0.1, 0.15) is 47.5 Å². The molecule has 1 amide bonds. The van der Waals surface area contributed by atoms with Crippen LogP contribution in [0, 0.1) is 17.3 Å². The van der Waals surface area contributed by atoms with E-state index in [9.17, 15) is 4.79 Å². The highest BCUT2D eigenvalue weighted by atomic mass is 16.2. The Morgan fingerprint density at radius 1 is 1.33 bits per heavy atom. The molecule has 21 heavy (non-hydrogen) atoms. The largest absolute Gasteiger partial charge is 0.339 e. The quantitative estimate of drug-likeness (QED) is 0.846. The predicted molar refractivity (Wildman–Crippen MR) is 89.0 cm³/mol. The van der Waals surface area contributed by atoms with Crippen molar-refractivity contribution in [3.05, 3.63) is 0 Å². The maximum Gasteiger partial charge on any atom is 0.226 e. The summed E-state index contributed by atoms with van der Waals surface area (Å²) in [7, 11) is 4.11. The molecule has 0 spiro atoms. The van der Waals surface area contributed by atoms with Gasteiger partial charge in [0.2, 0.25) is 5.91 Å². The maximum atomic E-state index is 13.1. The van der Waals surface area contributed by atoms with E-state index in [1.165, 1.54) is 0 Å². The van der Waals surface area contributed by atoms with E-state index in [0.717, 1.165) is 25.9 Å². The average molecular weight is 297 g/mol. The Hall–Kier alpha value is -0.610. The highest BCUT2D eigenvalue weighted by Crippen LogP contribution is 2.45. The molecule has 1 saturated carbocycles. The molecule has 0 aromatic carbocycles. The fraction of sp³-hybridized carbons (Fsp3) is 0.941. The van der Waals surface area contributed by atoms with E-state index < -0.39 is 0 Å². The first-order valence-corrected chi connectivity index (χ1v) is 8.33. The standard InChI is InChI=1S/C17H35N3O/c1-8-20(12(2)11-19(6)7)16(21)14-9-10-15(18)13(3)17(14,4)5/h12-15H,8-11,18H2,1-7H3. The second-order valence-electron chi connectivity index (χ2n) is 7.64. The molecule has 0 bridgehead atoms. The van der Waals surface area contributed by atoms with E-state index in [2.05, 4.69) is 58.5 Å². The number of nitrogens with zero attached hydrogens (tertiary/aromatic N) is 2. The van der Waals surface area contributed by atoms with Gasteiger partial charge in [-0.3, -0.25) is 4.79 Å². The van der Waals surface area contributed by atoms with Gasteiger partial charge in [0.05, 0.1) is 0 Å². The number of amides is 1. The minimum absolute atomic E-state index is 0.0278. The molecule has 0 heterocycles. The van der Waals surface area contributed by atoms with Gasteiger partial charge in [-0.2, -0.15) is 0 Å². The fourth-order valence-electron chi connectivity index (χ4n) is 3.80. The van der Waals surface area contributed by atoms with Crippen LogP contribution in [0.25, 0.3) is 0 Å². The van der Waals surface area contributed by atoms with Crippen molar-refractivity contribution in [2.75, 3.05) is 27.2 Å². The van der Waals surface area contributed by atoms with Gasteiger partial charge in [0.15, 0.2) is 0 Å². The third kappa shape index (κ3) is 3.98. The minimum atomic E-state index is -0.0278. The molecule has 0 aliphatic heterocycles. The summed E-state index contributed by atoms with van der Waals surface area (Å²) >= 11 is 0. The van der Waals surface area contributed by atoms with Gasteiger partial charge in [-0.1, -0.05) is 20.8 Å². The Morgan fingerprint density at radius 3 is 2.38 bits per heavy atom. The summed E-state index contributed by atoms with van der Waals surface area (Å²) in [6, 6.07) is 0.470. The lowest BCUT2D eigenvalue weighted by Crippen LogP contribution is -2.54. The van der Waals surface area contributed by atoms with Gasteiger partial charge in [0.25, 0.3) is 0 Å². The van der Waals surface area contributed by atoms with Crippen molar-refractivity contribution in [1.82, 2.24) is 9.80 Å². The van der Waals surface area contributed by atoms with Crippen molar-refractivity contribution < 1.29 is 4.79 Å². The van der Waals surface area contributed by atoms with Gasteiger partial charge >= 0.3 is 0 Å². The first-order chi connectivity index (χ1) is 9.62. The van der Waals surface area contributed by atoms with Gasteiger partial charge in [0, 0.05) is 31.1 Å². The second-order valence-corrected chi connectivity index (χ2v) is 7.64. The summed E-state index contributed by atoms with van der Waals surface area (Å²) in [5, 5.41) is 0. The summed E-state index contributed by atoms with van der Waals surface area (Å²) < 4.78 is 0. The number of carbonyl (C=O) groups excluding carboxylic acids is 1. The number of rotatable bonds is 5. The molecule has 4 atom stereocenters. The fourth-order valence-corrected chi connectivity index (χ4v) is 3.80. The zero-order valence-electron chi connectivity index (χ0n) is 15.0. The van der Waals surface area contributed by atoms with Crippen LogP contribution in [0.5, 0.6) is 0 Å². The molecular weight excluding hydrogens is 262 g/mol. The van der Waals surface area contributed by atoms with Crippen LogP contribution in [-0.4, -0.2) is 55.0 Å². The third-order valence-electron chi connectivity index (χ3n) is 5.59. The highest BCUT2D eigenvalue weighted by Gasteiger charge is 2.46. The van der Waals surface area contributed by atoms with Crippen molar-refractivity contribution >= 4 is 5.91 Å². The molecule has 1 rings (SSSR count). The Bertz CT molecular complexity index is 354. The Balaban J connectivity index is 2.89. The molecule has 4 nitrogen and oxygen atoms in total. The average Bonchev–Trinajstić information content (AvgIpc) is 2.35. The van der Waals surface area contributed by atoms with E-state index in [4.69, 9.17) is 5.73 Å². The van der Waals surface area contributed by atoms with Crippen LogP contribution >= 0.6 is 0 Å². The zero-order chi connectivity index (χ0) is 16.4. The highest BCUT2D eigenvalue weighted by molar-refractivity contribution is 5.80. The molecule has 0 aromatic heterocycles. The van der Waals surface area contributed by atoms with E-state index in [0.29, 0.717) is 11.8 Å². The van der Waals surface area contributed by atoms with Crippen LogP contribution < -0.4 is 5.73 Å². The monoisotopic (exact) mass is 297 g/mol. The first kappa shape index (κ1) is 18.4. The van der Waals surface area contributed by atoms with Gasteiger partial charge in [-0.05, 0) is 52.1 Å². The maximum absolute atomic E-state index is 13.1. The number of nitrogens with two attached hydrogens (primary N) is 1. The van der Waals surface area contributed by atoms with Gasteiger partial charge in [-0.25, -0.2) is 0 Å². The van der Waals surface area contributed by atoms with Crippen molar-refractivity contribution in [3.63, 3.8) is 0 Å². The molecular formula is C17H35N3O. The smallest absolute Gasteiger partial charge is 0.226 e.